The topological polar surface area (TPSA) is 67.2 Å². The van der Waals surface area contributed by atoms with Gasteiger partial charge in [-0.15, -0.1) is 11.3 Å². The van der Waals surface area contributed by atoms with Crippen LogP contribution >= 0.6 is 11.3 Å². The van der Waals surface area contributed by atoms with Crippen LogP contribution in [0.2, 0.25) is 0 Å². The number of hydrogen-bond donors (Lipinski definition) is 3. The first-order valence-corrected chi connectivity index (χ1v) is 8.18. The van der Waals surface area contributed by atoms with Crippen molar-refractivity contribution in [1.29, 1.82) is 0 Å². The van der Waals surface area contributed by atoms with E-state index in [0.717, 1.165) is 10.9 Å². The van der Waals surface area contributed by atoms with Crippen LogP contribution in [0.5, 0.6) is 0 Å². The molecule has 0 unspecified atom stereocenters. The molecule has 2 fully saturated rings. The normalized spacial score (nSPS) is 18.9. The number of nitrogens with two attached hydrogens (primary N) is 1. The van der Waals surface area contributed by atoms with Crippen molar-refractivity contribution in [3.63, 3.8) is 0 Å². The van der Waals surface area contributed by atoms with E-state index in [4.69, 9.17) is 5.73 Å². The highest BCUT2D eigenvalue weighted by Gasteiger charge is 2.40. The van der Waals surface area contributed by atoms with E-state index in [1.807, 2.05) is 0 Å². The molecule has 0 bridgehead atoms. The maximum absolute atomic E-state index is 11.9. The Morgan fingerprint density at radius 3 is 2.45 bits per heavy atom. The molecule has 0 saturated heterocycles. The fourth-order valence-corrected chi connectivity index (χ4v) is 4.13. The molecular weight excluding hydrogens is 270 g/mol. The SMILES string of the molecule is CNC(=O)c1sc(NC(C)(C)C2CC2)c(C2CC2)c1N. The monoisotopic (exact) mass is 293 g/mol. The van der Waals surface area contributed by atoms with Gasteiger partial charge in [0, 0.05) is 18.2 Å². The second kappa shape index (κ2) is 4.65. The number of carbonyl (C=O) groups excluding carboxylic acids is 1. The third kappa shape index (κ3) is 2.39. The summed E-state index contributed by atoms with van der Waals surface area (Å²) >= 11 is 1.51. The van der Waals surface area contributed by atoms with Gasteiger partial charge in [0.2, 0.25) is 0 Å². The molecule has 20 heavy (non-hydrogen) atoms. The van der Waals surface area contributed by atoms with Crippen molar-refractivity contribution in [3.8, 4) is 0 Å². The average molecular weight is 293 g/mol. The summed E-state index contributed by atoms with van der Waals surface area (Å²) in [6, 6.07) is 0. The van der Waals surface area contributed by atoms with Crippen molar-refractivity contribution in [2.45, 2.75) is 51.0 Å². The molecule has 4 nitrogen and oxygen atoms in total. The standard InChI is InChI=1S/C15H23N3OS/c1-15(2,9-6-7-9)18-14-10(8-4-5-8)11(16)12(20-14)13(19)17-3/h8-9,18H,4-7,16H2,1-3H3,(H,17,19). The van der Waals surface area contributed by atoms with E-state index in [0.29, 0.717) is 16.5 Å². The maximum Gasteiger partial charge on any atom is 0.263 e. The van der Waals surface area contributed by atoms with Gasteiger partial charge in [0.05, 0.1) is 10.7 Å². The first kappa shape index (κ1) is 13.7. The summed E-state index contributed by atoms with van der Waals surface area (Å²) in [4.78, 5) is 12.6. The summed E-state index contributed by atoms with van der Waals surface area (Å²) < 4.78 is 0. The third-order valence-corrected chi connectivity index (χ3v) is 5.57. The van der Waals surface area contributed by atoms with Crippen LogP contribution in [0.4, 0.5) is 10.7 Å². The average Bonchev–Trinajstić information content (AvgIpc) is 3.26. The molecule has 1 amide bonds. The lowest BCUT2D eigenvalue weighted by Crippen LogP contribution is -2.33. The fraction of sp³-hybridized carbons (Fsp3) is 0.667. The molecule has 1 heterocycles. The molecule has 0 atom stereocenters. The summed E-state index contributed by atoms with van der Waals surface area (Å²) in [6.45, 7) is 4.49. The Bertz CT molecular complexity index is 542. The number of nitrogen functional groups attached to an aromatic ring is 1. The molecule has 1 aromatic heterocycles. The first-order valence-electron chi connectivity index (χ1n) is 7.36. The van der Waals surface area contributed by atoms with Gasteiger partial charge in [-0.1, -0.05) is 0 Å². The van der Waals surface area contributed by atoms with Crippen molar-refractivity contribution in [1.82, 2.24) is 5.32 Å². The van der Waals surface area contributed by atoms with Crippen molar-refractivity contribution in [2.75, 3.05) is 18.1 Å². The summed E-state index contributed by atoms with van der Waals surface area (Å²) in [6.07, 6.45) is 4.96. The van der Waals surface area contributed by atoms with Gasteiger partial charge in [-0.05, 0) is 51.4 Å². The van der Waals surface area contributed by atoms with E-state index in [1.165, 1.54) is 42.6 Å². The van der Waals surface area contributed by atoms with Gasteiger partial charge >= 0.3 is 0 Å². The first-order chi connectivity index (χ1) is 9.44. The van der Waals surface area contributed by atoms with Crippen LogP contribution in [0.15, 0.2) is 0 Å². The van der Waals surface area contributed by atoms with E-state index in [2.05, 4.69) is 24.5 Å². The zero-order valence-electron chi connectivity index (χ0n) is 12.4. The lowest BCUT2D eigenvalue weighted by Gasteiger charge is -2.27. The van der Waals surface area contributed by atoms with Gasteiger partial charge in [0.15, 0.2) is 0 Å². The minimum atomic E-state index is -0.0771. The number of rotatable bonds is 5. The van der Waals surface area contributed by atoms with Gasteiger partial charge < -0.3 is 16.4 Å². The summed E-state index contributed by atoms with van der Waals surface area (Å²) in [5, 5.41) is 7.46. The molecule has 3 rings (SSSR count). The summed E-state index contributed by atoms with van der Waals surface area (Å²) in [7, 11) is 1.65. The molecule has 0 aliphatic heterocycles. The second-order valence-electron chi connectivity index (χ2n) is 6.56. The molecule has 0 spiro atoms. The van der Waals surface area contributed by atoms with Gasteiger partial charge in [-0.3, -0.25) is 4.79 Å². The Morgan fingerprint density at radius 2 is 1.95 bits per heavy atom. The molecule has 4 N–H and O–H groups in total. The van der Waals surface area contributed by atoms with Gasteiger partial charge in [0.25, 0.3) is 5.91 Å². The number of carbonyl (C=O) groups is 1. The maximum atomic E-state index is 11.9. The molecule has 2 aliphatic rings. The number of nitrogens with one attached hydrogen (secondary N) is 2. The van der Waals surface area contributed by atoms with Gasteiger partial charge in [-0.25, -0.2) is 0 Å². The zero-order chi connectivity index (χ0) is 14.5. The predicted octanol–water partition coefficient (Wildman–Crippen LogP) is 3.17. The lowest BCUT2D eigenvalue weighted by molar-refractivity contribution is 0.0968. The van der Waals surface area contributed by atoms with Gasteiger partial charge in [-0.2, -0.15) is 0 Å². The van der Waals surface area contributed by atoms with Crippen LogP contribution in [-0.2, 0) is 0 Å². The largest absolute Gasteiger partial charge is 0.397 e. The molecule has 0 aromatic carbocycles. The summed E-state index contributed by atoms with van der Waals surface area (Å²) in [5.74, 6) is 1.20. The van der Waals surface area contributed by atoms with Crippen molar-refractivity contribution >= 4 is 27.9 Å². The van der Waals surface area contributed by atoms with Crippen molar-refractivity contribution in [3.05, 3.63) is 10.4 Å². The number of hydrogen-bond acceptors (Lipinski definition) is 4. The molecule has 2 saturated carbocycles. The second-order valence-corrected chi connectivity index (χ2v) is 7.58. The Labute approximate surface area is 124 Å². The quantitative estimate of drug-likeness (QED) is 0.781. The van der Waals surface area contributed by atoms with E-state index >= 15 is 0 Å². The van der Waals surface area contributed by atoms with E-state index in [-0.39, 0.29) is 11.4 Å². The number of amides is 1. The highest BCUT2D eigenvalue weighted by atomic mass is 32.1. The van der Waals surface area contributed by atoms with Gasteiger partial charge in [0.1, 0.15) is 4.88 Å². The van der Waals surface area contributed by atoms with Crippen molar-refractivity contribution < 1.29 is 4.79 Å². The molecule has 2 aliphatic carbocycles. The lowest BCUT2D eigenvalue weighted by atomic mass is 9.98. The third-order valence-electron chi connectivity index (χ3n) is 4.44. The van der Waals surface area contributed by atoms with Crippen LogP contribution in [-0.4, -0.2) is 18.5 Å². The number of anilines is 2. The van der Waals surface area contributed by atoms with Crippen molar-refractivity contribution in [2.24, 2.45) is 5.92 Å². The van der Waals surface area contributed by atoms with Crippen LogP contribution in [0, 0.1) is 5.92 Å². The summed E-state index contributed by atoms with van der Waals surface area (Å²) in [5.41, 5.74) is 8.19. The molecule has 0 radical (unpaired) electrons. The van der Waals surface area contributed by atoms with Crippen LogP contribution in [0.3, 0.4) is 0 Å². The fourth-order valence-electron chi connectivity index (χ4n) is 2.81. The Hall–Kier alpha value is -1.23. The molecule has 5 heteroatoms. The Morgan fingerprint density at radius 1 is 1.30 bits per heavy atom. The van der Waals surface area contributed by atoms with E-state index in [9.17, 15) is 4.79 Å². The minimum Gasteiger partial charge on any atom is -0.397 e. The van der Waals surface area contributed by atoms with E-state index in [1.54, 1.807) is 7.05 Å². The molecule has 1 aromatic rings. The molecule has 110 valence electrons. The smallest absolute Gasteiger partial charge is 0.263 e. The highest BCUT2D eigenvalue weighted by molar-refractivity contribution is 7.18. The highest BCUT2D eigenvalue weighted by Crippen LogP contribution is 2.52. The molecular formula is C15H23N3OS. The predicted molar refractivity (Wildman–Crippen MR) is 84.5 cm³/mol. The zero-order valence-corrected chi connectivity index (χ0v) is 13.2. The van der Waals surface area contributed by atoms with E-state index < -0.39 is 0 Å². The van der Waals surface area contributed by atoms with Crippen LogP contribution < -0.4 is 16.4 Å². The Kier molecular flexibility index (Phi) is 3.20. The Balaban J connectivity index is 1.94. The number of thiophene rings is 1. The minimum absolute atomic E-state index is 0.0771. The van der Waals surface area contributed by atoms with Crippen LogP contribution in [0.1, 0.15) is 60.7 Å². The van der Waals surface area contributed by atoms with Crippen LogP contribution in [0.25, 0.3) is 0 Å².